The van der Waals surface area contributed by atoms with Gasteiger partial charge in [0.05, 0.1) is 5.54 Å². The summed E-state index contributed by atoms with van der Waals surface area (Å²) in [7, 11) is 0. The van der Waals surface area contributed by atoms with E-state index in [1.54, 1.807) is 12.1 Å². The summed E-state index contributed by atoms with van der Waals surface area (Å²) in [6, 6.07) is 6.73. The molecule has 0 aromatic heterocycles. The second-order valence-electron chi connectivity index (χ2n) is 5.06. The highest BCUT2D eigenvalue weighted by Crippen LogP contribution is 2.46. The van der Waals surface area contributed by atoms with Gasteiger partial charge in [0.15, 0.2) is 0 Å². The molecule has 0 atom stereocenters. The van der Waals surface area contributed by atoms with Gasteiger partial charge in [0, 0.05) is 11.5 Å². The number of amides is 1. The van der Waals surface area contributed by atoms with Crippen molar-refractivity contribution < 1.29 is 9.18 Å². The summed E-state index contributed by atoms with van der Waals surface area (Å²) in [5.74, 6) is -0.130. The maximum absolute atomic E-state index is 13.8. The monoisotopic (exact) mass is 249 g/mol. The lowest BCUT2D eigenvalue weighted by molar-refractivity contribution is -0.126. The first-order valence-electron chi connectivity index (χ1n) is 6.70. The third-order valence-corrected chi connectivity index (χ3v) is 3.86. The smallest absolute Gasteiger partial charge is 0.223 e. The molecule has 3 heteroatoms. The van der Waals surface area contributed by atoms with Crippen LogP contribution in [0, 0.1) is 11.7 Å². The highest BCUT2D eigenvalue weighted by Gasteiger charge is 2.47. The van der Waals surface area contributed by atoms with Crippen molar-refractivity contribution in [3.05, 3.63) is 35.6 Å². The van der Waals surface area contributed by atoms with E-state index in [1.165, 1.54) is 6.07 Å². The normalized spacial score (nSPS) is 16.7. The van der Waals surface area contributed by atoms with E-state index < -0.39 is 5.54 Å². The van der Waals surface area contributed by atoms with Crippen LogP contribution in [0.1, 0.15) is 45.1 Å². The molecule has 1 N–H and O–H groups in total. The van der Waals surface area contributed by atoms with Crippen molar-refractivity contribution in [2.24, 2.45) is 5.92 Å². The van der Waals surface area contributed by atoms with Crippen molar-refractivity contribution in [3.8, 4) is 0 Å². The number of hydrogen-bond acceptors (Lipinski definition) is 1. The molecule has 2 nitrogen and oxygen atoms in total. The Balaban J connectivity index is 2.14. The largest absolute Gasteiger partial charge is 0.346 e. The Kier molecular flexibility index (Phi) is 3.69. The van der Waals surface area contributed by atoms with Crippen LogP contribution in [0.15, 0.2) is 24.3 Å². The molecule has 1 aliphatic rings. The van der Waals surface area contributed by atoms with E-state index in [9.17, 15) is 9.18 Å². The topological polar surface area (TPSA) is 29.1 Å². The number of carbonyl (C=O) groups is 1. The van der Waals surface area contributed by atoms with Crippen LogP contribution in [0.25, 0.3) is 0 Å². The van der Waals surface area contributed by atoms with Gasteiger partial charge < -0.3 is 5.32 Å². The van der Waals surface area contributed by atoms with E-state index >= 15 is 0 Å². The Hall–Kier alpha value is -1.38. The quantitative estimate of drug-likeness (QED) is 0.851. The van der Waals surface area contributed by atoms with E-state index in [0.29, 0.717) is 5.56 Å². The molecule has 1 fully saturated rings. The van der Waals surface area contributed by atoms with E-state index in [4.69, 9.17) is 0 Å². The van der Waals surface area contributed by atoms with Gasteiger partial charge in [0.25, 0.3) is 0 Å². The molecule has 1 aromatic rings. The standard InChI is InChI=1S/C15H20FNO/c1-3-11(4-2)14(18)17-15(9-10-15)12-7-5-6-8-13(12)16/h5-8,11H,3-4,9-10H2,1-2H3,(H,17,18). The fourth-order valence-electron chi connectivity index (χ4n) is 2.43. The minimum Gasteiger partial charge on any atom is -0.346 e. The molecular formula is C15H20FNO. The van der Waals surface area contributed by atoms with Crippen molar-refractivity contribution >= 4 is 5.91 Å². The van der Waals surface area contributed by atoms with E-state index in [0.717, 1.165) is 25.7 Å². The second-order valence-corrected chi connectivity index (χ2v) is 5.06. The van der Waals surface area contributed by atoms with Gasteiger partial charge in [-0.2, -0.15) is 0 Å². The molecule has 0 aliphatic heterocycles. The molecule has 1 saturated carbocycles. The summed E-state index contributed by atoms with van der Waals surface area (Å²) in [6.45, 7) is 4.02. The minimum absolute atomic E-state index is 0.0363. The van der Waals surface area contributed by atoms with Gasteiger partial charge in [-0.1, -0.05) is 32.0 Å². The van der Waals surface area contributed by atoms with Gasteiger partial charge >= 0.3 is 0 Å². The zero-order valence-corrected chi connectivity index (χ0v) is 11.0. The number of rotatable bonds is 5. The summed E-state index contributed by atoms with van der Waals surface area (Å²) >= 11 is 0. The molecule has 0 unspecified atom stereocenters. The predicted octanol–water partition coefficient (Wildman–Crippen LogP) is 3.37. The van der Waals surface area contributed by atoms with Crippen LogP contribution in [0.2, 0.25) is 0 Å². The number of carbonyl (C=O) groups excluding carboxylic acids is 1. The van der Waals surface area contributed by atoms with Gasteiger partial charge in [0.1, 0.15) is 5.82 Å². The maximum Gasteiger partial charge on any atom is 0.223 e. The van der Waals surface area contributed by atoms with Gasteiger partial charge in [-0.15, -0.1) is 0 Å². The highest BCUT2D eigenvalue weighted by molar-refractivity contribution is 5.80. The van der Waals surface area contributed by atoms with E-state index in [1.807, 2.05) is 19.9 Å². The lowest BCUT2D eigenvalue weighted by Gasteiger charge is -2.21. The lowest BCUT2D eigenvalue weighted by atomic mass is 9.99. The van der Waals surface area contributed by atoms with Crippen molar-refractivity contribution in [2.45, 2.75) is 45.1 Å². The molecular weight excluding hydrogens is 229 g/mol. The average Bonchev–Trinajstić information content (AvgIpc) is 3.12. The van der Waals surface area contributed by atoms with Crippen LogP contribution in [0.4, 0.5) is 4.39 Å². The molecule has 0 saturated heterocycles. The van der Waals surface area contributed by atoms with Gasteiger partial charge in [-0.25, -0.2) is 4.39 Å². The molecule has 0 radical (unpaired) electrons. The van der Waals surface area contributed by atoms with Gasteiger partial charge in [0.2, 0.25) is 5.91 Å². The Labute approximate surface area is 108 Å². The molecule has 0 spiro atoms. The first-order valence-corrected chi connectivity index (χ1v) is 6.70. The average molecular weight is 249 g/mol. The fourth-order valence-corrected chi connectivity index (χ4v) is 2.43. The van der Waals surface area contributed by atoms with Crippen molar-refractivity contribution in [2.75, 3.05) is 0 Å². The molecule has 0 bridgehead atoms. The van der Waals surface area contributed by atoms with Crippen LogP contribution >= 0.6 is 0 Å². The maximum atomic E-state index is 13.8. The van der Waals surface area contributed by atoms with Crippen LogP contribution in [-0.4, -0.2) is 5.91 Å². The number of nitrogens with one attached hydrogen (secondary N) is 1. The molecule has 1 aromatic carbocycles. The zero-order chi connectivity index (χ0) is 13.2. The Morgan fingerprint density at radius 3 is 2.44 bits per heavy atom. The Morgan fingerprint density at radius 1 is 1.33 bits per heavy atom. The van der Waals surface area contributed by atoms with Gasteiger partial charge in [-0.05, 0) is 31.7 Å². The zero-order valence-electron chi connectivity index (χ0n) is 11.0. The third kappa shape index (κ3) is 2.40. The summed E-state index contributed by atoms with van der Waals surface area (Å²) in [4.78, 5) is 12.1. The predicted molar refractivity (Wildman–Crippen MR) is 69.5 cm³/mol. The summed E-state index contributed by atoms with van der Waals surface area (Å²) in [6.07, 6.45) is 3.32. The van der Waals surface area contributed by atoms with Gasteiger partial charge in [-0.3, -0.25) is 4.79 Å². The third-order valence-electron chi connectivity index (χ3n) is 3.86. The summed E-state index contributed by atoms with van der Waals surface area (Å²) in [5, 5.41) is 3.05. The number of benzene rings is 1. The fraction of sp³-hybridized carbons (Fsp3) is 0.533. The van der Waals surface area contributed by atoms with E-state index in [-0.39, 0.29) is 17.6 Å². The molecule has 98 valence electrons. The first kappa shape index (κ1) is 13.1. The molecule has 0 heterocycles. The summed E-state index contributed by atoms with van der Waals surface area (Å²) in [5.41, 5.74) is 0.190. The van der Waals surface area contributed by atoms with Crippen molar-refractivity contribution in [1.29, 1.82) is 0 Å². The molecule has 2 rings (SSSR count). The molecule has 1 aliphatic carbocycles. The van der Waals surface area contributed by atoms with Crippen LogP contribution in [0.3, 0.4) is 0 Å². The van der Waals surface area contributed by atoms with Crippen molar-refractivity contribution in [1.82, 2.24) is 5.32 Å². The second kappa shape index (κ2) is 5.09. The van der Waals surface area contributed by atoms with E-state index in [2.05, 4.69) is 5.32 Å². The lowest BCUT2D eigenvalue weighted by Crippen LogP contribution is -2.39. The van der Waals surface area contributed by atoms with Crippen LogP contribution < -0.4 is 5.32 Å². The number of hydrogen-bond donors (Lipinski definition) is 1. The SMILES string of the molecule is CCC(CC)C(=O)NC1(c2ccccc2F)CC1. The highest BCUT2D eigenvalue weighted by atomic mass is 19.1. The summed E-state index contributed by atoms with van der Waals surface area (Å²) < 4.78 is 13.8. The van der Waals surface area contributed by atoms with Crippen LogP contribution in [0.5, 0.6) is 0 Å². The minimum atomic E-state index is -0.439. The Morgan fingerprint density at radius 2 is 1.94 bits per heavy atom. The first-order chi connectivity index (χ1) is 8.63. The number of halogens is 1. The molecule has 1 amide bonds. The molecule has 18 heavy (non-hydrogen) atoms. The Bertz CT molecular complexity index is 436. The van der Waals surface area contributed by atoms with Crippen molar-refractivity contribution in [3.63, 3.8) is 0 Å². The van der Waals surface area contributed by atoms with Crippen LogP contribution in [-0.2, 0) is 10.3 Å².